The van der Waals surface area contributed by atoms with E-state index in [1.165, 1.54) is 0 Å². The zero-order chi connectivity index (χ0) is 16.1. The summed E-state index contributed by atoms with van der Waals surface area (Å²) < 4.78 is 11.3. The van der Waals surface area contributed by atoms with Crippen LogP contribution in [-0.2, 0) is 4.74 Å². The second-order valence-electron chi connectivity index (χ2n) is 5.46. The summed E-state index contributed by atoms with van der Waals surface area (Å²) in [6, 6.07) is 8.80. The van der Waals surface area contributed by atoms with Gasteiger partial charge < -0.3 is 14.8 Å². The highest BCUT2D eigenvalue weighted by Crippen LogP contribution is 2.19. The van der Waals surface area contributed by atoms with Gasteiger partial charge in [-0.2, -0.15) is 0 Å². The molecule has 23 heavy (non-hydrogen) atoms. The fourth-order valence-corrected chi connectivity index (χ4v) is 2.43. The summed E-state index contributed by atoms with van der Waals surface area (Å²) in [7, 11) is 0. The molecule has 0 radical (unpaired) electrons. The predicted octanol–water partition coefficient (Wildman–Crippen LogP) is 2.60. The fourth-order valence-electron chi connectivity index (χ4n) is 2.43. The molecule has 1 atom stereocenters. The molecule has 0 spiro atoms. The lowest BCUT2D eigenvalue weighted by Crippen LogP contribution is -2.28. The number of aromatic nitrogens is 2. The molecule has 1 saturated heterocycles. The molecule has 1 aliphatic heterocycles. The number of rotatable bonds is 4. The van der Waals surface area contributed by atoms with Gasteiger partial charge in [0.25, 0.3) is 5.91 Å². The van der Waals surface area contributed by atoms with Gasteiger partial charge in [0.2, 0.25) is 0 Å². The minimum absolute atomic E-state index is 0.0252. The molecular formula is C17H19N3O3. The molecule has 1 N–H and O–H groups in total. The monoisotopic (exact) mass is 313 g/mol. The van der Waals surface area contributed by atoms with Crippen LogP contribution < -0.4 is 10.1 Å². The molecule has 1 amide bonds. The van der Waals surface area contributed by atoms with Crippen molar-refractivity contribution in [3.63, 3.8) is 0 Å². The summed E-state index contributed by atoms with van der Waals surface area (Å²) in [5.41, 5.74) is 1.03. The first-order valence-electron chi connectivity index (χ1n) is 7.66. The minimum Gasteiger partial charge on any atom is -0.488 e. The van der Waals surface area contributed by atoms with E-state index in [1.54, 1.807) is 24.4 Å². The number of aryl methyl sites for hydroxylation is 1. The molecule has 3 heterocycles. The maximum absolute atomic E-state index is 12.3. The molecule has 0 aliphatic carbocycles. The molecule has 0 aromatic carbocycles. The van der Waals surface area contributed by atoms with E-state index in [4.69, 9.17) is 9.47 Å². The molecule has 2 aromatic rings. The lowest BCUT2D eigenvalue weighted by Gasteiger charge is -2.23. The average molecular weight is 313 g/mol. The molecule has 3 rings (SSSR count). The van der Waals surface area contributed by atoms with E-state index in [-0.39, 0.29) is 12.0 Å². The molecule has 0 bridgehead atoms. The number of anilines is 1. The van der Waals surface area contributed by atoms with Crippen LogP contribution in [0.5, 0.6) is 5.75 Å². The Labute approximate surface area is 134 Å². The summed E-state index contributed by atoms with van der Waals surface area (Å²) in [5, 5.41) is 2.72. The zero-order valence-corrected chi connectivity index (χ0v) is 13.0. The molecule has 6 heteroatoms. The van der Waals surface area contributed by atoms with Gasteiger partial charge in [0.15, 0.2) is 0 Å². The number of amides is 1. The van der Waals surface area contributed by atoms with Crippen LogP contribution in [0.25, 0.3) is 0 Å². The highest BCUT2D eigenvalue weighted by molar-refractivity contribution is 6.02. The first-order chi connectivity index (χ1) is 11.2. The van der Waals surface area contributed by atoms with Gasteiger partial charge in [-0.15, -0.1) is 0 Å². The Hall–Kier alpha value is -2.47. The highest BCUT2D eigenvalue weighted by atomic mass is 16.5. The van der Waals surface area contributed by atoms with E-state index < -0.39 is 0 Å². The number of hydrogen-bond acceptors (Lipinski definition) is 5. The van der Waals surface area contributed by atoms with Crippen molar-refractivity contribution in [2.75, 3.05) is 18.5 Å². The van der Waals surface area contributed by atoms with Crippen LogP contribution in [0.15, 0.2) is 36.5 Å². The first kappa shape index (κ1) is 15.4. The third kappa shape index (κ3) is 4.26. The molecule has 0 unspecified atom stereocenters. The van der Waals surface area contributed by atoms with Crippen LogP contribution in [0.3, 0.4) is 0 Å². The van der Waals surface area contributed by atoms with E-state index in [1.807, 2.05) is 19.1 Å². The van der Waals surface area contributed by atoms with Crippen LogP contribution in [0, 0.1) is 6.92 Å². The number of ether oxygens (including phenoxy) is 2. The van der Waals surface area contributed by atoms with Gasteiger partial charge in [-0.1, -0.05) is 6.07 Å². The topological polar surface area (TPSA) is 73.3 Å². The van der Waals surface area contributed by atoms with Gasteiger partial charge in [0.05, 0.1) is 6.61 Å². The first-order valence-corrected chi connectivity index (χ1v) is 7.66. The van der Waals surface area contributed by atoms with Crippen molar-refractivity contribution < 1.29 is 14.3 Å². The van der Waals surface area contributed by atoms with Crippen LogP contribution >= 0.6 is 0 Å². The molecule has 120 valence electrons. The van der Waals surface area contributed by atoms with E-state index in [2.05, 4.69) is 15.3 Å². The predicted molar refractivity (Wildman–Crippen MR) is 85.6 cm³/mol. The molecule has 0 saturated carbocycles. The Morgan fingerprint density at radius 2 is 2.30 bits per heavy atom. The summed E-state index contributed by atoms with van der Waals surface area (Å²) in [6.45, 7) is 3.20. The zero-order valence-electron chi connectivity index (χ0n) is 13.0. The summed E-state index contributed by atoms with van der Waals surface area (Å²) in [5.74, 6) is 0.820. The summed E-state index contributed by atoms with van der Waals surface area (Å²) >= 11 is 0. The quantitative estimate of drug-likeness (QED) is 0.939. The van der Waals surface area contributed by atoms with Gasteiger partial charge in [0.1, 0.15) is 23.4 Å². The van der Waals surface area contributed by atoms with E-state index in [0.29, 0.717) is 23.9 Å². The average Bonchev–Trinajstić information content (AvgIpc) is 2.56. The summed E-state index contributed by atoms with van der Waals surface area (Å²) in [4.78, 5) is 20.7. The van der Waals surface area contributed by atoms with Crippen molar-refractivity contribution in [3.8, 4) is 5.75 Å². The number of carbonyl (C=O) groups is 1. The molecule has 2 aromatic heterocycles. The molecule has 1 aliphatic rings. The summed E-state index contributed by atoms with van der Waals surface area (Å²) in [6.07, 6.45) is 3.59. The van der Waals surface area contributed by atoms with Crippen molar-refractivity contribution in [3.05, 3.63) is 47.9 Å². The van der Waals surface area contributed by atoms with Gasteiger partial charge in [0, 0.05) is 30.6 Å². The van der Waals surface area contributed by atoms with Crippen molar-refractivity contribution in [2.45, 2.75) is 25.9 Å². The van der Waals surface area contributed by atoms with Crippen molar-refractivity contribution in [1.29, 1.82) is 0 Å². The van der Waals surface area contributed by atoms with E-state index in [9.17, 15) is 4.79 Å². The smallest absolute Gasteiger partial charge is 0.275 e. The normalized spacial score (nSPS) is 17.5. The van der Waals surface area contributed by atoms with Crippen molar-refractivity contribution in [1.82, 2.24) is 9.97 Å². The van der Waals surface area contributed by atoms with Crippen molar-refractivity contribution >= 4 is 11.7 Å². The van der Waals surface area contributed by atoms with E-state index >= 15 is 0 Å². The number of hydrogen-bond donors (Lipinski definition) is 1. The lowest BCUT2D eigenvalue weighted by atomic mass is 10.2. The van der Waals surface area contributed by atoms with Gasteiger partial charge in [-0.25, -0.2) is 9.97 Å². The van der Waals surface area contributed by atoms with Gasteiger partial charge >= 0.3 is 0 Å². The van der Waals surface area contributed by atoms with Gasteiger partial charge in [-0.3, -0.25) is 4.79 Å². The second kappa shape index (κ2) is 7.19. The maximum Gasteiger partial charge on any atom is 0.275 e. The van der Waals surface area contributed by atoms with Gasteiger partial charge in [-0.05, 0) is 31.9 Å². The standard InChI is InChI=1S/C17H19N3O3/c1-12-9-14(23-13-5-4-8-22-11-13)10-15(19-12)17(21)20-16-6-2-3-7-18-16/h2-3,6-7,9-10,13H,4-5,8,11H2,1H3,(H,18,20,21)/t13-/m0/s1. The highest BCUT2D eigenvalue weighted by Gasteiger charge is 2.17. The van der Waals surface area contributed by atoms with Crippen molar-refractivity contribution in [2.24, 2.45) is 0 Å². The minimum atomic E-state index is -0.308. The number of pyridine rings is 2. The van der Waals surface area contributed by atoms with Crippen LogP contribution in [0.4, 0.5) is 5.82 Å². The molecular weight excluding hydrogens is 294 g/mol. The third-order valence-electron chi connectivity index (χ3n) is 3.49. The fraction of sp³-hybridized carbons (Fsp3) is 0.353. The van der Waals surface area contributed by atoms with Crippen LogP contribution in [0.1, 0.15) is 29.0 Å². The molecule has 6 nitrogen and oxygen atoms in total. The number of nitrogens with one attached hydrogen (secondary N) is 1. The SMILES string of the molecule is Cc1cc(O[C@H]2CCCOC2)cc(C(=O)Nc2ccccn2)n1. The second-order valence-corrected chi connectivity index (χ2v) is 5.46. The van der Waals surface area contributed by atoms with E-state index in [0.717, 1.165) is 25.1 Å². The Bertz CT molecular complexity index is 670. The largest absolute Gasteiger partial charge is 0.488 e. The Morgan fingerprint density at radius 1 is 1.39 bits per heavy atom. The number of nitrogens with zero attached hydrogens (tertiary/aromatic N) is 2. The lowest BCUT2D eigenvalue weighted by molar-refractivity contribution is 0.00734. The molecule has 1 fully saturated rings. The Balaban J connectivity index is 1.72. The Morgan fingerprint density at radius 3 is 3.04 bits per heavy atom. The maximum atomic E-state index is 12.3. The third-order valence-corrected chi connectivity index (χ3v) is 3.49. The van der Waals surface area contributed by atoms with Crippen LogP contribution in [-0.4, -0.2) is 35.2 Å². The number of carbonyl (C=O) groups excluding carboxylic acids is 1. The van der Waals surface area contributed by atoms with Crippen LogP contribution in [0.2, 0.25) is 0 Å². The Kier molecular flexibility index (Phi) is 4.83.